The Balaban J connectivity index is 0.0000296. The molecule has 2 aliphatic heterocycles. The van der Waals surface area contributed by atoms with Crippen LogP contribution in [0.2, 0.25) is 0 Å². The molecule has 2 aliphatic rings. The fraction of sp³-hybridized carbons (Fsp3) is 0.824. The highest BCUT2D eigenvalue weighted by Gasteiger charge is 2.53. The third-order valence-electron chi connectivity index (χ3n) is 12.4. The topological polar surface area (TPSA) is 296 Å². The Morgan fingerprint density at radius 3 is 1.37 bits per heavy atom. The number of carbonyl (C=O) groups excluding carboxylic acids is 5. The van der Waals surface area contributed by atoms with Crippen molar-refractivity contribution in [3.8, 4) is 0 Å². The molecule has 1 spiro atoms. The summed E-state index contributed by atoms with van der Waals surface area (Å²) in [5, 5.41) is 43.1. The minimum atomic E-state index is -1.18. The molecule has 0 unspecified atom stereocenters. The van der Waals surface area contributed by atoms with Crippen molar-refractivity contribution >= 4 is 118 Å². The zero-order valence-electron chi connectivity index (χ0n) is 44.0. The van der Waals surface area contributed by atoms with Gasteiger partial charge in [-0.2, -0.15) is 0 Å². The van der Waals surface area contributed by atoms with Crippen LogP contribution >= 0.6 is 64.8 Å². The van der Waals surface area contributed by atoms with Crippen LogP contribution in [0.1, 0.15) is 175 Å². The standard InChI is InChI=1S/C51H84N2O17S6.H2/c54-40(18-13-11-9-7-5-3-1-2-4-6-8-10-12-14-21-46(59)60)34-38(47(61)62)22-25-45(58)53-27-29-68-31-33-69-36-41(55)19-17-28-67-30-32-70-37-42(56)35-39(48(63)64)23-24-44(57)52-26-16-15-20-43(49(65)66)50-71-73-51(74-72-50)75-76-51;/h38-39,43,50H,1-37H2,(H,52,57)(H,53,58)(H,59,60)(H,61,62)(H,63,64)(H,65,66);1H/t38-,39-,43+;/m1./s1. The summed E-state index contributed by atoms with van der Waals surface area (Å²) in [6, 6.07) is 0. The summed E-state index contributed by atoms with van der Waals surface area (Å²) in [7, 11) is 10.3. The second-order valence-electron chi connectivity index (χ2n) is 19.0. The molecule has 2 rings (SSSR count). The van der Waals surface area contributed by atoms with E-state index in [0.29, 0.717) is 38.6 Å². The molecule has 3 atom stereocenters. The molecule has 19 nitrogen and oxygen atoms in total. The molecule has 0 aliphatic carbocycles. The van der Waals surface area contributed by atoms with E-state index in [1.165, 1.54) is 44.9 Å². The van der Waals surface area contributed by atoms with Gasteiger partial charge in [0.15, 0.2) is 14.3 Å². The first-order chi connectivity index (χ1) is 36.6. The zero-order chi connectivity index (χ0) is 55.7. The number of hydrogen-bond acceptors (Lipinski definition) is 19. The van der Waals surface area contributed by atoms with Gasteiger partial charge in [0.25, 0.3) is 0 Å². The van der Waals surface area contributed by atoms with E-state index in [4.69, 9.17) is 24.1 Å². The molecule has 2 heterocycles. The Bertz CT molecular complexity index is 1730. The molecule has 0 bridgehead atoms. The van der Waals surface area contributed by atoms with Crippen molar-refractivity contribution in [1.82, 2.24) is 10.6 Å². The number of nitrogens with one attached hydrogen (secondary N) is 2. The number of Topliss-reactive ketones (excluding diaryl/α,β-unsaturated/α-hetero) is 3. The lowest BCUT2D eigenvalue weighted by molar-refractivity contribution is -0.145. The quantitative estimate of drug-likeness (QED) is 0.0187. The van der Waals surface area contributed by atoms with Crippen LogP contribution in [-0.4, -0.2) is 147 Å². The first kappa shape index (κ1) is 69.9. The summed E-state index contributed by atoms with van der Waals surface area (Å²) >= 11 is 0. The van der Waals surface area contributed by atoms with Gasteiger partial charge in [-0.05, 0) is 66.5 Å². The van der Waals surface area contributed by atoms with Crippen LogP contribution < -0.4 is 10.6 Å². The second-order valence-corrected chi connectivity index (χ2v) is 28.5. The molecular weight excluding hydrogens is 1100 g/mol. The SMILES string of the molecule is O=C(O)CCCCCCCCCCCCCCCCC(=O)C[C@@H](CCC(=O)NCCOCCOCC(=O)CCCOCCOCC(=O)C[C@@H](CCC(=O)NCCCC[C@@H](C(=O)O)C1SSC2(SS1)SS2)C(=O)O)C(=O)O.[HH]. The van der Waals surface area contributed by atoms with E-state index in [2.05, 4.69) is 10.6 Å². The van der Waals surface area contributed by atoms with Crippen molar-refractivity contribution in [2.75, 3.05) is 65.9 Å². The maximum Gasteiger partial charge on any atom is 0.308 e. The smallest absolute Gasteiger partial charge is 0.308 e. The third-order valence-corrected chi connectivity index (χ3v) is 26.3. The van der Waals surface area contributed by atoms with Crippen LogP contribution in [0.15, 0.2) is 0 Å². The zero-order valence-corrected chi connectivity index (χ0v) is 48.9. The van der Waals surface area contributed by atoms with E-state index < -0.39 is 47.4 Å². The van der Waals surface area contributed by atoms with Gasteiger partial charge >= 0.3 is 23.9 Å². The molecule has 2 amide bonds. The molecule has 76 heavy (non-hydrogen) atoms. The van der Waals surface area contributed by atoms with Gasteiger partial charge in [0, 0.05) is 66.1 Å². The molecule has 438 valence electrons. The Labute approximate surface area is 474 Å². The Morgan fingerprint density at radius 2 is 0.868 bits per heavy atom. The fourth-order valence-electron chi connectivity index (χ4n) is 7.92. The normalized spacial score (nSPS) is 15.2. The van der Waals surface area contributed by atoms with E-state index in [0.717, 1.165) is 44.9 Å². The van der Waals surface area contributed by atoms with Gasteiger partial charge in [0.05, 0.1) is 55.4 Å². The minimum Gasteiger partial charge on any atom is -0.481 e. The van der Waals surface area contributed by atoms with Crippen LogP contribution in [0.3, 0.4) is 0 Å². The summed E-state index contributed by atoms with van der Waals surface area (Å²) < 4.78 is 21.6. The predicted molar refractivity (Wildman–Crippen MR) is 304 cm³/mol. The number of rotatable bonds is 53. The largest absolute Gasteiger partial charge is 0.481 e. The number of aliphatic carboxylic acids is 4. The van der Waals surface area contributed by atoms with Crippen LogP contribution in [0.4, 0.5) is 0 Å². The number of carboxylic acids is 4. The van der Waals surface area contributed by atoms with Crippen molar-refractivity contribution in [1.29, 1.82) is 0 Å². The second kappa shape index (κ2) is 44.5. The number of ketones is 3. The average Bonchev–Trinajstić information content (AvgIpc) is 4.14. The maximum atomic E-state index is 12.5. The van der Waals surface area contributed by atoms with Gasteiger partial charge in [-0.3, -0.25) is 43.2 Å². The maximum absolute atomic E-state index is 12.5. The van der Waals surface area contributed by atoms with E-state index in [1.54, 1.807) is 64.8 Å². The average molecular weight is 1190 g/mol. The van der Waals surface area contributed by atoms with E-state index in [9.17, 15) is 58.5 Å². The lowest BCUT2D eigenvalue weighted by Crippen LogP contribution is -2.29. The first-order valence-corrected chi connectivity index (χ1v) is 33.5. The van der Waals surface area contributed by atoms with Crippen LogP contribution in [0, 0.1) is 17.8 Å². The van der Waals surface area contributed by atoms with E-state index >= 15 is 0 Å². The van der Waals surface area contributed by atoms with Gasteiger partial charge in [0.2, 0.25) is 11.8 Å². The van der Waals surface area contributed by atoms with Gasteiger partial charge in [-0.25, -0.2) is 0 Å². The fourth-order valence-corrected chi connectivity index (χ4v) is 21.8. The number of carboxylic acid groups (broad SMARTS) is 4. The predicted octanol–water partition coefficient (Wildman–Crippen LogP) is 10.1. The molecule has 0 aromatic carbocycles. The number of hydrogen-bond donors (Lipinski definition) is 6. The Hall–Kier alpha value is -2.23. The Kier molecular flexibility index (Phi) is 40.9. The monoisotopic (exact) mass is 1190 g/mol. The summed E-state index contributed by atoms with van der Waals surface area (Å²) in [5.41, 5.74) is 0. The van der Waals surface area contributed by atoms with E-state index in [-0.39, 0.29) is 143 Å². The third kappa shape index (κ3) is 37.6. The lowest BCUT2D eigenvalue weighted by Gasteiger charge is -2.27. The number of unbranched alkanes of at least 4 members (excludes halogenated alkanes) is 14. The van der Waals surface area contributed by atoms with Crippen LogP contribution in [-0.2, 0) is 62.1 Å². The molecule has 0 saturated carbocycles. The molecule has 2 fully saturated rings. The minimum absolute atomic E-state index is 0. The highest BCUT2D eigenvalue weighted by atomic mass is 33.2. The lowest BCUT2D eigenvalue weighted by atomic mass is 9.94. The highest BCUT2D eigenvalue weighted by molar-refractivity contribution is 9.14. The number of carbonyl (C=O) groups is 9. The molecule has 2 saturated heterocycles. The Morgan fingerprint density at radius 1 is 0.421 bits per heavy atom. The van der Waals surface area contributed by atoms with Crippen LogP contribution in [0.5, 0.6) is 0 Å². The first-order valence-electron chi connectivity index (χ1n) is 27.0. The molecule has 0 aromatic heterocycles. The van der Waals surface area contributed by atoms with Crippen LogP contribution in [0.25, 0.3) is 0 Å². The highest BCUT2D eigenvalue weighted by Crippen LogP contribution is 2.84. The number of ether oxygens (including phenoxy) is 4. The summed E-state index contributed by atoms with van der Waals surface area (Å²) in [6.07, 6.45) is 17.8. The summed E-state index contributed by atoms with van der Waals surface area (Å²) in [4.78, 5) is 108. The molecular formula is C51H86N2O17S6. The van der Waals surface area contributed by atoms with Gasteiger partial charge in [0.1, 0.15) is 19.0 Å². The van der Waals surface area contributed by atoms with E-state index in [1.807, 2.05) is 0 Å². The van der Waals surface area contributed by atoms with Gasteiger partial charge in [-0.1, -0.05) is 127 Å². The molecule has 25 heteroatoms. The van der Waals surface area contributed by atoms with Gasteiger partial charge in [-0.15, -0.1) is 0 Å². The van der Waals surface area contributed by atoms with Crippen molar-refractivity contribution in [2.24, 2.45) is 17.8 Å². The van der Waals surface area contributed by atoms with Gasteiger partial charge < -0.3 is 50.0 Å². The molecule has 0 radical (unpaired) electrons. The molecule has 0 aromatic rings. The van der Waals surface area contributed by atoms with Crippen molar-refractivity contribution in [3.63, 3.8) is 0 Å². The number of amides is 2. The van der Waals surface area contributed by atoms with Crippen molar-refractivity contribution in [2.45, 2.75) is 181 Å². The van der Waals surface area contributed by atoms with Crippen molar-refractivity contribution in [3.05, 3.63) is 0 Å². The summed E-state index contributed by atoms with van der Waals surface area (Å²) in [6.45, 7) is 1.27. The summed E-state index contributed by atoms with van der Waals surface area (Å²) in [5.74, 6) is -7.53. The van der Waals surface area contributed by atoms with Crippen molar-refractivity contribution < 1.29 is 84.0 Å². The molecule has 6 N–H and O–H groups in total.